The molecule has 1 aromatic carbocycles. The van der Waals surface area contributed by atoms with Gasteiger partial charge < -0.3 is 4.90 Å². The van der Waals surface area contributed by atoms with Crippen LogP contribution in [0.3, 0.4) is 0 Å². The van der Waals surface area contributed by atoms with Crippen LogP contribution in [0.5, 0.6) is 0 Å². The highest BCUT2D eigenvalue weighted by Gasteiger charge is 2.25. The fourth-order valence-electron chi connectivity index (χ4n) is 2.78. The predicted molar refractivity (Wildman–Crippen MR) is 114 cm³/mol. The molecule has 3 aromatic rings. The minimum atomic E-state index is -3.83. The van der Waals surface area contributed by atoms with E-state index >= 15 is 0 Å². The maximum Gasteiger partial charge on any atom is 0.223 e. The van der Waals surface area contributed by atoms with E-state index in [0.717, 1.165) is 0 Å². The van der Waals surface area contributed by atoms with Crippen molar-refractivity contribution in [1.82, 2.24) is 9.38 Å². The number of imidazole rings is 1. The third-order valence-electron chi connectivity index (χ3n) is 4.38. The molecule has 0 N–H and O–H groups in total. The molecular formula is C18H16BrCl2N3O3S. The van der Waals surface area contributed by atoms with Gasteiger partial charge in [-0.3, -0.25) is 9.20 Å². The van der Waals surface area contributed by atoms with Crippen LogP contribution in [0.15, 0.2) is 40.0 Å². The van der Waals surface area contributed by atoms with Gasteiger partial charge in [-0.15, -0.1) is 0 Å². The van der Waals surface area contributed by atoms with Gasteiger partial charge in [-0.25, -0.2) is 13.4 Å². The number of aryl methyl sites for hydroxylation is 1. The van der Waals surface area contributed by atoms with Crippen LogP contribution in [0, 0.1) is 6.92 Å². The summed E-state index contributed by atoms with van der Waals surface area (Å²) in [4.78, 5) is 17.4. The van der Waals surface area contributed by atoms with Crippen molar-refractivity contribution < 1.29 is 13.2 Å². The quantitative estimate of drug-likeness (QED) is 0.517. The summed E-state index contributed by atoms with van der Waals surface area (Å²) in [6.07, 6.45) is 1.72. The molecule has 1 amide bonds. The number of anilines is 1. The Labute approximate surface area is 181 Å². The lowest BCUT2D eigenvalue weighted by Crippen LogP contribution is -2.23. The maximum absolute atomic E-state index is 13.2. The zero-order chi connectivity index (χ0) is 20.8. The van der Waals surface area contributed by atoms with Gasteiger partial charge in [0, 0.05) is 30.8 Å². The Morgan fingerprint density at radius 1 is 1.29 bits per heavy atom. The Kier molecular flexibility index (Phi) is 5.78. The van der Waals surface area contributed by atoms with Crippen molar-refractivity contribution in [3.63, 3.8) is 0 Å². The minimum Gasteiger partial charge on any atom is -0.314 e. The molecule has 148 valence electrons. The van der Waals surface area contributed by atoms with Crippen molar-refractivity contribution in [3.8, 4) is 0 Å². The Balaban J connectivity index is 2.13. The highest BCUT2D eigenvalue weighted by atomic mass is 79.9. The molecule has 0 spiro atoms. The number of sulfone groups is 1. The molecule has 0 atom stereocenters. The van der Waals surface area contributed by atoms with E-state index < -0.39 is 15.6 Å². The molecule has 6 nitrogen and oxygen atoms in total. The molecular weight excluding hydrogens is 489 g/mol. The van der Waals surface area contributed by atoms with Gasteiger partial charge in [0.25, 0.3) is 0 Å². The smallest absolute Gasteiger partial charge is 0.223 e. The Hall–Kier alpha value is -1.61. The van der Waals surface area contributed by atoms with Crippen molar-refractivity contribution in [1.29, 1.82) is 0 Å². The van der Waals surface area contributed by atoms with E-state index in [1.165, 1.54) is 24.0 Å². The molecule has 0 bridgehead atoms. The van der Waals surface area contributed by atoms with Crippen molar-refractivity contribution in [2.24, 2.45) is 0 Å². The van der Waals surface area contributed by atoms with Gasteiger partial charge in [0.15, 0.2) is 15.5 Å². The topological polar surface area (TPSA) is 71.8 Å². The van der Waals surface area contributed by atoms with Crippen LogP contribution in [0.1, 0.15) is 18.2 Å². The van der Waals surface area contributed by atoms with E-state index in [-0.39, 0.29) is 26.4 Å². The van der Waals surface area contributed by atoms with Gasteiger partial charge >= 0.3 is 0 Å². The highest BCUT2D eigenvalue weighted by molar-refractivity contribution is 9.10. The Bertz CT molecular complexity index is 1210. The number of benzene rings is 1. The van der Waals surface area contributed by atoms with Crippen molar-refractivity contribution in [3.05, 3.63) is 56.4 Å². The van der Waals surface area contributed by atoms with Crippen LogP contribution >= 0.6 is 39.1 Å². The first-order chi connectivity index (χ1) is 13.0. The lowest BCUT2D eigenvalue weighted by atomic mass is 10.2. The summed E-state index contributed by atoms with van der Waals surface area (Å²) in [5.41, 5.74) is 1.61. The molecule has 0 radical (unpaired) electrons. The van der Waals surface area contributed by atoms with Gasteiger partial charge in [-0.1, -0.05) is 23.2 Å². The normalized spacial score (nSPS) is 11.8. The molecule has 28 heavy (non-hydrogen) atoms. The number of pyridine rings is 1. The van der Waals surface area contributed by atoms with Gasteiger partial charge in [-0.05, 0) is 47.1 Å². The third-order valence-corrected chi connectivity index (χ3v) is 7.77. The number of aromatic nitrogens is 2. The monoisotopic (exact) mass is 503 g/mol. The van der Waals surface area contributed by atoms with Gasteiger partial charge in [0.2, 0.25) is 5.91 Å². The number of fused-ring (bicyclic) bond motifs is 1. The molecule has 2 heterocycles. The summed E-state index contributed by atoms with van der Waals surface area (Å²) < 4.78 is 28.7. The molecule has 10 heteroatoms. The number of rotatable bonds is 4. The van der Waals surface area contributed by atoms with Gasteiger partial charge in [0.05, 0.1) is 22.2 Å². The summed E-state index contributed by atoms with van der Waals surface area (Å²) in [6.45, 7) is 3.17. The lowest BCUT2D eigenvalue weighted by Gasteiger charge is -2.19. The van der Waals surface area contributed by atoms with E-state index in [2.05, 4.69) is 20.9 Å². The third kappa shape index (κ3) is 3.66. The Morgan fingerprint density at radius 2 is 1.96 bits per heavy atom. The van der Waals surface area contributed by atoms with E-state index in [1.54, 1.807) is 36.7 Å². The van der Waals surface area contributed by atoms with E-state index in [9.17, 15) is 13.2 Å². The Morgan fingerprint density at radius 3 is 2.61 bits per heavy atom. The molecule has 0 saturated heterocycles. The zero-order valence-corrected chi connectivity index (χ0v) is 19.1. The fourth-order valence-corrected chi connectivity index (χ4v) is 5.49. The molecule has 0 aliphatic rings. The highest BCUT2D eigenvalue weighted by Crippen LogP contribution is 2.36. The standard InChI is InChI=1S/C18H16BrCl2N3O3S/c1-10-17(19)24-8-4-5-15(18(24)22-10)28(26,27)9-12-13(20)6-7-14(16(12)21)23(3)11(2)25/h4-8H,9H2,1-3H3. The molecule has 0 saturated carbocycles. The molecule has 2 aromatic heterocycles. The van der Waals surface area contributed by atoms with Crippen molar-refractivity contribution in [2.75, 3.05) is 11.9 Å². The molecule has 0 aliphatic heterocycles. The van der Waals surface area contributed by atoms with Crippen LogP contribution in [-0.4, -0.2) is 30.8 Å². The van der Waals surface area contributed by atoms with Gasteiger partial charge in [-0.2, -0.15) is 0 Å². The fraction of sp³-hybridized carbons (Fsp3) is 0.222. The van der Waals surface area contributed by atoms with Crippen LogP contribution < -0.4 is 4.90 Å². The number of carbonyl (C=O) groups is 1. The summed E-state index contributed by atoms with van der Waals surface area (Å²) in [5.74, 6) is -0.659. The second kappa shape index (κ2) is 7.67. The number of carbonyl (C=O) groups excluding carboxylic acids is 1. The van der Waals surface area contributed by atoms with Gasteiger partial charge in [0.1, 0.15) is 9.50 Å². The van der Waals surface area contributed by atoms with E-state index in [4.69, 9.17) is 23.2 Å². The molecule has 3 rings (SSSR count). The van der Waals surface area contributed by atoms with E-state index in [1.807, 2.05) is 0 Å². The van der Waals surface area contributed by atoms with E-state index in [0.29, 0.717) is 21.6 Å². The summed E-state index contributed by atoms with van der Waals surface area (Å²) in [6, 6.07) is 6.24. The summed E-state index contributed by atoms with van der Waals surface area (Å²) in [5, 5.41) is 0.336. The number of hydrogen-bond acceptors (Lipinski definition) is 4. The van der Waals surface area contributed by atoms with Crippen molar-refractivity contribution >= 4 is 66.2 Å². The second-order valence-electron chi connectivity index (χ2n) is 6.25. The average Bonchev–Trinajstić information content (AvgIpc) is 2.92. The summed E-state index contributed by atoms with van der Waals surface area (Å²) in [7, 11) is -2.27. The first-order valence-electron chi connectivity index (χ1n) is 8.11. The number of amides is 1. The zero-order valence-electron chi connectivity index (χ0n) is 15.2. The first-order valence-corrected chi connectivity index (χ1v) is 11.3. The lowest BCUT2D eigenvalue weighted by molar-refractivity contribution is -0.116. The summed E-state index contributed by atoms with van der Waals surface area (Å²) >= 11 is 16.1. The maximum atomic E-state index is 13.2. The van der Waals surface area contributed by atoms with Crippen LogP contribution in [0.4, 0.5) is 5.69 Å². The molecule has 0 unspecified atom stereocenters. The molecule has 0 aliphatic carbocycles. The first kappa shape index (κ1) is 21.1. The number of hydrogen-bond donors (Lipinski definition) is 0. The van der Waals surface area contributed by atoms with Crippen molar-refractivity contribution in [2.45, 2.75) is 24.5 Å². The van der Waals surface area contributed by atoms with Crippen LogP contribution in [0.2, 0.25) is 10.0 Å². The average molecular weight is 505 g/mol. The second-order valence-corrected chi connectivity index (χ2v) is 9.74. The van der Waals surface area contributed by atoms with Crippen LogP contribution in [-0.2, 0) is 20.4 Å². The largest absolute Gasteiger partial charge is 0.314 e. The minimum absolute atomic E-state index is 0.0706. The SMILES string of the molecule is CC(=O)N(C)c1ccc(Cl)c(CS(=O)(=O)c2cccn3c(Br)c(C)nc23)c1Cl. The number of nitrogens with zero attached hydrogens (tertiary/aromatic N) is 3. The number of halogens is 3. The molecule has 0 fully saturated rings. The van der Waals surface area contributed by atoms with Crippen LogP contribution in [0.25, 0.3) is 5.65 Å². The predicted octanol–water partition coefficient (Wildman–Crippen LogP) is 4.67.